The van der Waals surface area contributed by atoms with Crippen molar-refractivity contribution in [2.75, 3.05) is 13.2 Å². The zero-order chi connectivity index (χ0) is 29.1. The molecule has 210 valence electrons. The van der Waals surface area contributed by atoms with E-state index in [0.29, 0.717) is 52.6 Å². The predicted octanol–water partition coefficient (Wildman–Crippen LogP) is 6.90. The van der Waals surface area contributed by atoms with E-state index in [-0.39, 0.29) is 23.0 Å². The molecule has 1 aliphatic heterocycles. The number of nitrogens with zero attached hydrogens (tertiary/aromatic N) is 1. The summed E-state index contributed by atoms with van der Waals surface area (Å²) in [7, 11) is 0. The van der Waals surface area contributed by atoms with Gasteiger partial charge in [-0.25, -0.2) is 9.18 Å². The quantitative estimate of drug-likeness (QED) is 0.134. The average molecular weight is 557 g/mol. The van der Waals surface area contributed by atoms with E-state index < -0.39 is 17.7 Å². The van der Waals surface area contributed by atoms with Crippen LogP contribution in [0.15, 0.2) is 70.5 Å². The van der Waals surface area contributed by atoms with Crippen LogP contribution in [-0.2, 0) is 0 Å². The van der Waals surface area contributed by atoms with E-state index in [4.69, 9.17) is 29.1 Å². The Balaban J connectivity index is 1.47. The third-order valence-corrected chi connectivity index (χ3v) is 6.84. The summed E-state index contributed by atoms with van der Waals surface area (Å²) in [6.45, 7) is 6.65. The van der Waals surface area contributed by atoms with E-state index >= 15 is 0 Å². The second-order valence-corrected chi connectivity index (χ2v) is 9.55. The smallest absolute Gasteiger partial charge is 0.379 e. The highest BCUT2D eigenvalue weighted by atomic mass is 19.1. The fourth-order valence-electron chi connectivity index (χ4n) is 4.80. The first-order valence-electron chi connectivity index (χ1n) is 13.4. The molecule has 0 spiro atoms. The highest BCUT2D eigenvalue weighted by Crippen LogP contribution is 2.45. The third kappa shape index (κ3) is 5.41. The van der Waals surface area contributed by atoms with Gasteiger partial charge in [0.1, 0.15) is 34.5 Å². The van der Waals surface area contributed by atoms with Crippen LogP contribution < -0.4 is 24.7 Å². The number of nitrogens with two attached hydrogens (primary N) is 1. The van der Waals surface area contributed by atoms with E-state index in [9.17, 15) is 14.4 Å². The van der Waals surface area contributed by atoms with Crippen LogP contribution in [0.5, 0.6) is 23.0 Å². The average Bonchev–Trinajstić information content (AvgIpc) is 3.28. The van der Waals surface area contributed by atoms with Gasteiger partial charge in [0.15, 0.2) is 11.5 Å². The lowest BCUT2D eigenvalue weighted by molar-refractivity contribution is 0.0702. The summed E-state index contributed by atoms with van der Waals surface area (Å²) in [5.41, 5.74) is 8.69. The largest absolute Gasteiger partial charge is 0.490 e. The van der Waals surface area contributed by atoms with E-state index in [1.807, 2.05) is 25.1 Å². The van der Waals surface area contributed by atoms with Gasteiger partial charge in [0.05, 0.1) is 19.1 Å². The van der Waals surface area contributed by atoms with Crippen molar-refractivity contribution in [1.82, 2.24) is 0 Å². The van der Waals surface area contributed by atoms with Crippen molar-refractivity contribution in [2.45, 2.75) is 39.5 Å². The minimum absolute atomic E-state index is 0.0296. The molecule has 0 amide bonds. The lowest BCUT2D eigenvalue weighted by Gasteiger charge is -2.27. The fourth-order valence-corrected chi connectivity index (χ4v) is 4.80. The minimum atomic E-state index is -0.743. The SMILES string of the molecule is CCCCOc1ccc(C2C(C#N)=C(N)Oc3cc(OC(=O)c4oc5ccc(F)cc5c4C)ccc32)cc1OCC. The first-order chi connectivity index (χ1) is 19.8. The molecule has 1 aromatic heterocycles. The van der Waals surface area contributed by atoms with Gasteiger partial charge in [-0.2, -0.15) is 5.26 Å². The summed E-state index contributed by atoms with van der Waals surface area (Å²) < 4.78 is 42.5. The number of halogens is 1. The number of carbonyl (C=O) groups excluding carboxylic acids is 1. The van der Waals surface area contributed by atoms with Gasteiger partial charge in [0.25, 0.3) is 0 Å². The monoisotopic (exact) mass is 556 g/mol. The maximum absolute atomic E-state index is 13.7. The Hall–Kier alpha value is -4.97. The molecule has 0 radical (unpaired) electrons. The molecule has 3 aromatic carbocycles. The third-order valence-electron chi connectivity index (χ3n) is 6.84. The molecule has 0 bridgehead atoms. The number of hydrogen-bond donors (Lipinski definition) is 1. The van der Waals surface area contributed by atoms with Crippen LogP contribution in [-0.4, -0.2) is 19.2 Å². The van der Waals surface area contributed by atoms with Gasteiger partial charge in [0, 0.05) is 22.6 Å². The van der Waals surface area contributed by atoms with Gasteiger partial charge in [-0.1, -0.05) is 25.5 Å². The number of esters is 1. The maximum Gasteiger partial charge on any atom is 0.379 e. The standard InChI is InChI=1S/C32H29FN2O6/c1-4-6-13-38-26-11-7-19(14-28(26)37-5-2)29-22-10-9-21(16-27(22)41-31(35)24(29)17-34)39-32(36)30-18(3)23-15-20(33)8-12-25(23)40-30/h7-12,14-16,29H,4-6,13,35H2,1-3H3. The van der Waals surface area contributed by atoms with Crippen molar-refractivity contribution >= 4 is 16.9 Å². The van der Waals surface area contributed by atoms with Crippen LogP contribution in [0.4, 0.5) is 4.39 Å². The highest BCUT2D eigenvalue weighted by molar-refractivity contribution is 5.96. The Bertz CT molecular complexity index is 1700. The molecule has 1 unspecified atom stereocenters. The number of ether oxygens (including phenoxy) is 4. The Labute approximate surface area is 236 Å². The van der Waals surface area contributed by atoms with Gasteiger partial charge in [-0.15, -0.1) is 0 Å². The summed E-state index contributed by atoms with van der Waals surface area (Å²) in [6.07, 6.45) is 1.92. The van der Waals surface area contributed by atoms with E-state index in [2.05, 4.69) is 13.0 Å². The topological polar surface area (TPSA) is 117 Å². The molecule has 2 N–H and O–H groups in total. The van der Waals surface area contributed by atoms with Crippen molar-refractivity contribution in [3.8, 4) is 29.1 Å². The molecule has 0 fully saturated rings. The number of aryl methyl sites for hydroxylation is 1. The van der Waals surface area contributed by atoms with Crippen LogP contribution in [0.1, 0.15) is 59.9 Å². The second-order valence-electron chi connectivity index (χ2n) is 9.55. The number of allylic oxidation sites excluding steroid dienone is 1. The van der Waals surface area contributed by atoms with Crippen molar-refractivity contribution in [3.05, 3.63) is 94.3 Å². The van der Waals surface area contributed by atoms with E-state index in [0.717, 1.165) is 18.4 Å². The van der Waals surface area contributed by atoms with Crippen LogP contribution in [0.2, 0.25) is 0 Å². The summed E-state index contributed by atoms with van der Waals surface area (Å²) in [4.78, 5) is 13.0. The van der Waals surface area contributed by atoms with Gasteiger partial charge in [-0.05, 0) is 62.2 Å². The van der Waals surface area contributed by atoms with Crippen LogP contribution in [0.3, 0.4) is 0 Å². The Morgan fingerprint density at radius 1 is 1.07 bits per heavy atom. The van der Waals surface area contributed by atoms with Crippen LogP contribution in [0.25, 0.3) is 11.0 Å². The number of hydrogen-bond acceptors (Lipinski definition) is 8. The first kappa shape index (κ1) is 27.6. The van der Waals surface area contributed by atoms with Gasteiger partial charge in [-0.3, -0.25) is 0 Å². The molecule has 1 atom stereocenters. The number of rotatable bonds is 9. The van der Waals surface area contributed by atoms with Crippen molar-refractivity contribution in [1.29, 1.82) is 5.26 Å². The molecular formula is C32H29FN2O6. The highest BCUT2D eigenvalue weighted by Gasteiger charge is 2.32. The number of nitriles is 1. The summed E-state index contributed by atoms with van der Waals surface area (Å²) in [6, 6.07) is 16.6. The number of unbranched alkanes of at least 4 members (excludes halogenated alkanes) is 1. The first-order valence-corrected chi connectivity index (χ1v) is 13.4. The fraction of sp³-hybridized carbons (Fsp3) is 0.250. The molecule has 9 heteroatoms. The number of fused-ring (bicyclic) bond motifs is 2. The maximum atomic E-state index is 13.7. The zero-order valence-corrected chi connectivity index (χ0v) is 23.0. The molecular weight excluding hydrogens is 527 g/mol. The Morgan fingerprint density at radius 3 is 2.66 bits per heavy atom. The van der Waals surface area contributed by atoms with Crippen LogP contribution in [0, 0.1) is 24.1 Å². The number of carbonyl (C=O) groups is 1. The molecule has 0 aliphatic carbocycles. The van der Waals surface area contributed by atoms with Crippen molar-refractivity contribution in [3.63, 3.8) is 0 Å². The van der Waals surface area contributed by atoms with Gasteiger partial charge >= 0.3 is 5.97 Å². The zero-order valence-electron chi connectivity index (χ0n) is 23.0. The Morgan fingerprint density at radius 2 is 1.90 bits per heavy atom. The molecule has 41 heavy (non-hydrogen) atoms. The lowest BCUT2D eigenvalue weighted by atomic mass is 9.83. The van der Waals surface area contributed by atoms with E-state index in [1.54, 1.807) is 19.1 Å². The van der Waals surface area contributed by atoms with Crippen molar-refractivity contribution in [2.24, 2.45) is 5.73 Å². The normalized spacial score (nSPS) is 14.3. The van der Waals surface area contributed by atoms with Crippen molar-refractivity contribution < 1.29 is 32.5 Å². The number of benzene rings is 3. The lowest BCUT2D eigenvalue weighted by Crippen LogP contribution is -2.21. The van der Waals surface area contributed by atoms with Gasteiger partial charge in [0.2, 0.25) is 11.6 Å². The molecule has 0 saturated heterocycles. The molecule has 2 heterocycles. The molecule has 1 aliphatic rings. The van der Waals surface area contributed by atoms with Gasteiger partial charge < -0.3 is 29.1 Å². The summed E-state index contributed by atoms with van der Waals surface area (Å²) in [5, 5.41) is 10.5. The molecule has 5 rings (SSSR count). The molecule has 0 saturated carbocycles. The van der Waals surface area contributed by atoms with E-state index in [1.165, 1.54) is 24.3 Å². The minimum Gasteiger partial charge on any atom is -0.490 e. The molecule has 4 aromatic rings. The second kappa shape index (κ2) is 11.6. The van der Waals surface area contributed by atoms with Crippen LogP contribution >= 0.6 is 0 Å². The predicted molar refractivity (Wildman–Crippen MR) is 150 cm³/mol. The molecule has 8 nitrogen and oxygen atoms in total. The Kier molecular flexibility index (Phi) is 7.83. The number of furan rings is 1. The summed E-state index contributed by atoms with van der Waals surface area (Å²) in [5.74, 6) is -0.102. The summed E-state index contributed by atoms with van der Waals surface area (Å²) >= 11 is 0.